The zero-order valence-electron chi connectivity index (χ0n) is 10.7. The highest BCUT2D eigenvalue weighted by Gasteiger charge is 2.09. The Hall–Kier alpha value is -1.62. The highest BCUT2D eigenvalue weighted by molar-refractivity contribution is 5.75. The molecule has 0 radical (unpaired) electrons. The fourth-order valence-corrected chi connectivity index (χ4v) is 1.55. The van der Waals surface area contributed by atoms with Gasteiger partial charge >= 0.3 is 0 Å². The predicted octanol–water partition coefficient (Wildman–Crippen LogP) is 1.75. The third-order valence-corrected chi connectivity index (χ3v) is 2.55. The Morgan fingerprint density at radius 1 is 1.56 bits per heavy atom. The molecule has 0 heterocycles. The summed E-state index contributed by atoms with van der Waals surface area (Å²) in [5.41, 5.74) is 6.38. The van der Waals surface area contributed by atoms with Gasteiger partial charge in [-0.1, -0.05) is 0 Å². The zero-order chi connectivity index (χ0) is 13.5. The molecule has 1 aromatic rings. The smallest absolute Gasteiger partial charge is 0.219 e. The van der Waals surface area contributed by atoms with E-state index in [1.165, 1.54) is 12.1 Å². The molecule has 1 aromatic carbocycles. The maximum Gasteiger partial charge on any atom is 0.219 e. The molecule has 5 heteroatoms. The lowest BCUT2D eigenvalue weighted by molar-refractivity contribution is -0.120. The van der Waals surface area contributed by atoms with Crippen molar-refractivity contribution < 1.29 is 13.9 Å². The Morgan fingerprint density at radius 3 is 2.89 bits per heavy atom. The van der Waals surface area contributed by atoms with Crippen LogP contribution in [-0.2, 0) is 4.79 Å². The van der Waals surface area contributed by atoms with Gasteiger partial charge in [-0.15, -0.1) is 0 Å². The Bertz CT molecular complexity index is 408. The van der Waals surface area contributed by atoms with Gasteiger partial charge in [0.15, 0.2) is 0 Å². The number of hydrogen-bond acceptors (Lipinski definition) is 3. The average molecular weight is 254 g/mol. The average Bonchev–Trinajstić information content (AvgIpc) is 2.35. The molecule has 1 atom stereocenters. The molecule has 0 saturated heterocycles. The molecular formula is C13H19FN2O2. The Balaban J connectivity index is 2.54. The molecular weight excluding hydrogens is 235 g/mol. The fourth-order valence-electron chi connectivity index (χ4n) is 1.55. The van der Waals surface area contributed by atoms with Crippen LogP contribution in [0.1, 0.15) is 31.4 Å². The predicted molar refractivity (Wildman–Crippen MR) is 67.8 cm³/mol. The number of halogens is 1. The first-order chi connectivity index (χ1) is 8.54. The SMILES string of the molecule is CNC(=O)CCCOc1ccc(F)cc1[C@H](C)N. The molecule has 3 N–H and O–H groups in total. The van der Waals surface area contributed by atoms with Crippen molar-refractivity contribution in [1.82, 2.24) is 5.32 Å². The summed E-state index contributed by atoms with van der Waals surface area (Å²) >= 11 is 0. The van der Waals surface area contributed by atoms with E-state index in [9.17, 15) is 9.18 Å². The first kappa shape index (κ1) is 14.4. The number of hydrogen-bond donors (Lipinski definition) is 2. The van der Waals surface area contributed by atoms with Crippen LogP contribution in [0.2, 0.25) is 0 Å². The first-order valence-electron chi connectivity index (χ1n) is 5.93. The van der Waals surface area contributed by atoms with Crippen molar-refractivity contribution in [1.29, 1.82) is 0 Å². The Labute approximate surface area is 106 Å². The molecule has 0 bridgehead atoms. The maximum absolute atomic E-state index is 13.1. The molecule has 4 nitrogen and oxygen atoms in total. The first-order valence-corrected chi connectivity index (χ1v) is 5.93. The number of carbonyl (C=O) groups is 1. The summed E-state index contributed by atoms with van der Waals surface area (Å²) in [5, 5.41) is 2.54. The van der Waals surface area contributed by atoms with E-state index < -0.39 is 0 Å². The van der Waals surface area contributed by atoms with Gasteiger partial charge in [-0.2, -0.15) is 0 Å². The molecule has 0 spiro atoms. The molecule has 0 aromatic heterocycles. The zero-order valence-corrected chi connectivity index (χ0v) is 10.7. The second-order valence-corrected chi connectivity index (χ2v) is 4.10. The number of amides is 1. The van der Waals surface area contributed by atoms with Crippen molar-refractivity contribution in [3.63, 3.8) is 0 Å². The number of benzene rings is 1. The van der Waals surface area contributed by atoms with E-state index in [-0.39, 0.29) is 17.8 Å². The number of ether oxygens (including phenoxy) is 1. The molecule has 0 aliphatic carbocycles. The van der Waals surface area contributed by atoms with E-state index in [4.69, 9.17) is 10.5 Å². The van der Waals surface area contributed by atoms with Gasteiger partial charge in [0.25, 0.3) is 0 Å². The van der Waals surface area contributed by atoms with Gasteiger partial charge in [-0.3, -0.25) is 4.79 Å². The summed E-state index contributed by atoms with van der Waals surface area (Å²) in [6.45, 7) is 2.17. The normalized spacial score (nSPS) is 12.0. The van der Waals surface area contributed by atoms with E-state index in [1.807, 2.05) is 0 Å². The van der Waals surface area contributed by atoms with Crippen LogP contribution in [0, 0.1) is 5.82 Å². The Morgan fingerprint density at radius 2 is 2.28 bits per heavy atom. The standard InChI is InChI=1S/C13H19FN2O2/c1-9(15)11-8-10(14)5-6-12(11)18-7-3-4-13(17)16-2/h5-6,8-9H,3-4,7,15H2,1-2H3,(H,16,17)/t9-/m0/s1. The lowest BCUT2D eigenvalue weighted by Crippen LogP contribution is -2.18. The number of nitrogens with one attached hydrogen (secondary N) is 1. The Kier molecular flexibility index (Phi) is 5.58. The fraction of sp³-hybridized carbons (Fsp3) is 0.462. The van der Waals surface area contributed by atoms with Crippen LogP contribution in [0.15, 0.2) is 18.2 Å². The van der Waals surface area contributed by atoms with Crippen LogP contribution < -0.4 is 15.8 Å². The molecule has 0 unspecified atom stereocenters. The van der Waals surface area contributed by atoms with Gasteiger partial charge in [0.1, 0.15) is 11.6 Å². The third kappa shape index (κ3) is 4.33. The van der Waals surface area contributed by atoms with E-state index in [0.717, 1.165) is 0 Å². The minimum Gasteiger partial charge on any atom is -0.493 e. The highest BCUT2D eigenvalue weighted by atomic mass is 19.1. The van der Waals surface area contributed by atoms with Crippen molar-refractivity contribution >= 4 is 5.91 Å². The topological polar surface area (TPSA) is 64.3 Å². The quantitative estimate of drug-likeness (QED) is 0.760. The van der Waals surface area contributed by atoms with Gasteiger partial charge in [0.05, 0.1) is 6.61 Å². The van der Waals surface area contributed by atoms with Crippen LogP contribution >= 0.6 is 0 Å². The summed E-state index contributed by atoms with van der Waals surface area (Å²) in [6, 6.07) is 3.97. The van der Waals surface area contributed by atoms with Crippen molar-refractivity contribution in [3.05, 3.63) is 29.6 Å². The van der Waals surface area contributed by atoms with Crippen LogP contribution in [0.5, 0.6) is 5.75 Å². The largest absolute Gasteiger partial charge is 0.493 e. The lowest BCUT2D eigenvalue weighted by atomic mass is 10.1. The van der Waals surface area contributed by atoms with Crippen molar-refractivity contribution in [2.24, 2.45) is 5.73 Å². The number of nitrogens with two attached hydrogens (primary N) is 1. The second-order valence-electron chi connectivity index (χ2n) is 4.10. The van der Waals surface area contributed by atoms with Gasteiger partial charge in [-0.05, 0) is 31.5 Å². The van der Waals surface area contributed by atoms with E-state index >= 15 is 0 Å². The van der Waals surface area contributed by atoms with E-state index in [2.05, 4.69) is 5.32 Å². The summed E-state index contributed by atoms with van der Waals surface area (Å²) in [4.78, 5) is 11.0. The van der Waals surface area contributed by atoms with Crippen LogP contribution in [-0.4, -0.2) is 19.6 Å². The van der Waals surface area contributed by atoms with Crippen LogP contribution in [0.25, 0.3) is 0 Å². The van der Waals surface area contributed by atoms with Crippen molar-refractivity contribution in [2.75, 3.05) is 13.7 Å². The minimum atomic E-state index is -0.333. The van der Waals surface area contributed by atoms with Gasteiger partial charge in [-0.25, -0.2) is 4.39 Å². The highest BCUT2D eigenvalue weighted by Crippen LogP contribution is 2.24. The molecule has 0 aliphatic rings. The second kappa shape index (κ2) is 6.96. The summed E-state index contributed by atoms with van der Waals surface area (Å²) in [5.74, 6) is 0.216. The number of rotatable bonds is 6. The summed E-state index contributed by atoms with van der Waals surface area (Å²) in [6.07, 6.45) is 1.01. The van der Waals surface area contributed by atoms with Crippen molar-refractivity contribution in [2.45, 2.75) is 25.8 Å². The molecule has 0 fully saturated rings. The molecule has 1 rings (SSSR count). The number of carbonyl (C=O) groups excluding carboxylic acids is 1. The molecule has 1 amide bonds. The summed E-state index contributed by atoms with van der Waals surface area (Å²) < 4.78 is 18.6. The van der Waals surface area contributed by atoms with Crippen LogP contribution in [0.3, 0.4) is 0 Å². The molecule has 100 valence electrons. The van der Waals surface area contributed by atoms with Gasteiger partial charge in [0, 0.05) is 25.1 Å². The van der Waals surface area contributed by atoms with E-state index in [1.54, 1.807) is 20.0 Å². The van der Waals surface area contributed by atoms with E-state index in [0.29, 0.717) is 30.8 Å². The molecule has 0 aliphatic heterocycles. The van der Waals surface area contributed by atoms with Gasteiger partial charge in [0.2, 0.25) is 5.91 Å². The maximum atomic E-state index is 13.1. The molecule has 18 heavy (non-hydrogen) atoms. The summed E-state index contributed by atoms with van der Waals surface area (Å²) in [7, 11) is 1.59. The van der Waals surface area contributed by atoms with Crippen LogP contribution in [0.4, 0.5) is 4.39 Å². The third-order valence-electron chi connectivity index (χ3n) is 2.55. The minimum absolute atomic E-state index is 0.0230. The molecule has 0 saturated carbocycles. The van der Waals surface area contributed by atoms with Gasteiger partial charge < -0.3 is 15.8 Å². The lowest BCUT2D eigenvalue weighted by Gasteiger charge is -2.14. The monoisotopic (exact) mass is 254 g/mol. The van der Waals surface area contributed by atoms with Crippen molar-refractivity contribution in [3.8, 4) is 5.75 Å².